The molecule has 2 atom stereocenters. The van der Waals surface area contributed by atoms with Gasteiger partial charge in [-0.1, -0.05) is 18.2 Å². The average molecular weight is 459 g/mol. The number of carbonyl (C=O) groups is 4. The van der Waals surface area contributed by atoms with Crippen molar-refractivity contribution in [1.29, 1.82) is 0 Å². The van der Waals surface area contributed by atoms with Crippen LogP contribution in [0.1, 0.15) is 55.3 Å². The molecule has 180 valence electrons. The molecule has 2 heterocycles. The molecule has 1 aromatic rings. The molecule has 9 nitrogen and oxygen atoms in total. The molecule has 2 aliphatic heterocycles. The second-order valence-electron chi connectivity index (χ2n) is 8.91. The number of carboxylic acid groups (broad SMARTS) is 1. The number of rotatable bonds is 9. The Kier molecular flexibility index (Phi) is 9.24. The smallest absolute Gasteiger partial charge is 0.305 e. The molecule has 0 aromatic heterocycles. The van der Waals surface area contributed by atoms with E-state index in [0.29, 0.717) is 37.4 Å². The summed E-state index contributed by atoms with van der Waals surface area (Å²) >= 11 is 0. The van der Waals surface area contributed by atoms with E-state index < -0.39 is 30.2 Å². The maximum absolute atomic E-state index is 12.8. The van der Waals surface area contributed by atoms with Gasteiger partial charge in [0.05, 0.1) is 6.42 Å². The number of amides is 3. The number of likely N-dealkylation sites (tertiary alicyclic amines) is 1. The molecule has 0 saturated carbocycles. The largest absolute Gasteiger partial charge is 0.481 e. The Morgan fingerprint density at radius 1 is 1.09 bits per heavy atom. The number of nitrogens with one attached hydrogen (secondary N) is 3. The van der Waals surface area contributed by atoms with Crippen molar-refractivity contribution in [3.63, 3.8) is 0 Å². The maximum Gasteiger partial charge on any atom is 0.305 e. The van der Waals surface area contributed by atoms with Crippen LogP contribution in [-0.2, 0) is 14.4 Å². The Bertz CT molecular complexity index is 825. The number of piperidine rings is 2. The highest BCUT2D eigenvalue weighted by Crippen LogP contribution is 2.20. The van der Waals surface area contributed by atoms with Crippen molar-refractivity contribution in [2.75, 3.05) is 26.2 Å². The highest BCUT2D eigenvalue weighted by atomic mass is 16.4. The van der Waals surface area contributed by atoms with Crippen LogP contribution in [0.4, 0.5) is 0 Å². The molecule has 3 rings (SSSR count). The van der Waals surface area contributed by atoms with Gasteiger partial charge in [0.15, 0.2) is 0 Å². The highest BCUT2D eigenvalue weighted by Gasteiger charge is 2.29. The van der Waals surface area contributed by atoms with Crippen molar-refractivity contribution in [3.8, 4) is 0 Å². The number of carboxylic acids is 1. The van der Waals surface area contributed by atoms with E-state index in [4.69, 9.17) is 0 Å². The van der Waals surface area contributed by atoms with Gasteiger partial charge in [-0.05, 0) is 63.2 Å². The lowest BCUT2D eigenvalue weighted by molar-refractivity contribution is -0.140. The predicted molar refractivity (Wildman–Crippen MR) is 123 cm³/mol. The van der Waals surface area contributed by atoms with Crippen LogP contribution in [0.5, 0.6) is 0 Å². The summed E-state index contributed by atoms with van der Waals surface area (Å²) in [6.07, 6.45) is 4.56. The molecule has 0 radical (unpaired) electrons. The van der Waals surface area contributed by atoms with Gasteiger partial charge in [0.25, 0.3) is 5.91 Å². The second kappa shape index (κ2) is 12.3. The highest BCUT2D eigenvalue weighted by molar-refractivity contribution is 5.98. The monoisotopic (exact) mass is 458 g/mol. The number of carbonyl (C=O) groups excluding carboxylic acids is 3. The van der Waals surface area contributed by atoms with Gasteiger partial charge >= 0.3 is 5.97 Å². The minimum absolute atomic E-state index is 0.104. The van der Waals surface area contributed by atoms with Gasteiger partial charge in [-0.15, -0.1) is 0 Å². The minimum atomic E-state index is -1.19. The van der Waals surface area contributed by atoms with Gasteiger partial charge in [-0.25, -0.2) is 0 Å². The Balaban J connectivity index is 1.52. The lowest BCUT2D eigenvalue weighted by Crippen LogP contribution is -2.55. The van der Waals surface area contributed by atoms with E-state index in [9.17, 15) is 24.3 Å². The van der Waals surface area contributed by atoms with Gasteiger partial charge in [0.2, 0.25) is 11.8 Å². The third kappa shape index (κ3) is 7.85. The van der Waals surface area contributed by atoms with E-state index in [-0.39, 0.29) is 11.9 Å². The molecule has 33 heavy (non-hydrogen) atoms. The van der Waals surface area contributed by atoms with Crippen LogP contribution in [0, 0.1) is 5.92 Å². The molecule has 2 saturated heterocycles. The third-order valence-electron chi connectivity index (χ3n) is 6.38. The standard InChI is InChI=1S/C24H34N4O5/c29-21(9-8-17-10-12-25-13-11-17)28-14-4-7-19(16-28)26-24(33)20(15-22(30)31)27-23(32)18-5-2-1-3-6-18/h1-3,5-6,17,19-20,25H,4,7-16H2,(H,26,33)(H,27,32)(H,30,31)/t19?,20-/m1/s1. The zero-order chi connectivity index (χ0) is 23.6. The zero-order valence-corrected chi connectivity index (χ0v) is 18.9. The zero-order valence-electron chi connectivity index (χ0n) is 18.9. The SMILES string of the molecule is O=C(O)C[C@@H](NC(=O)c1ccccc1)C(=O)NC1CCCN(C(=O)CCC2CCNCC2)C1. The molecule has 2 aliphatic rings. The van der Waals surface area contributed by atoms with Crippen molar-refractivity contribution in [3.05, 3.63) is 35.9 Å². The first kappa shape index (κ1) is 24.7. The van der Waals surface area contributed by atoms with E-state index >= 15 is 0 Å². The van der Waals surface area contributed by atoms with Gasteiger partial charge < -0.3 is 26.0 Å². The molecule has 0 aliphatic carbocycles. The fraction of sp³-hybridized carbons (Fsp3) is 0.583. The fourth-order valence-electron chi connectivity index (χ4n) is 4.49. The van der Waals surface area contributed by atoms with Crippen molar-refractivity contribution in [2.24, 2.45) is 5.92 Å². The van der Waals surface area contributed by atoms with Crippen LogP contribution in [0.3, 0.4) is 0 Å². The van der Waals surface area contributed by atoms with Crippen molar-refractivity contribution in [2.45, 2.75) is 57.0 Å². The Morgan fingerprint density at radius 3 is 2.52 bits per heavy atom. The van der Waals surface area contributed by atoms with Crippen molar-refractivity contribution >= 4 is 23.7 Å². The van der Waals surface area contributed by atoms with Crippen molar-refractivity contribution < 1.29 is 24.3 Å². The molecule has 0 spiro atoms. The summed E-state index contributed by atoms with van der Waals surface area (Å²) < 4.78 is 0. The van der Waals surface area contributed by atoms with Gasteiger partial charge in [0, 0.05) is 31.1 Å². The Labute approximate surface area is 194 Å². The fourth-order valence-corrected chi connectivity index (χ4v) is 4.49. The molecular formula is C24H34N4O5. The summed E-state index contributed by atoms with van der Waals surface area (Å²) in [5.74, 6) is -1.54. The lowest BCUT2D eigenvalue weighted by Gasteiger charge is -2.34. The number of nitrogens with zero attached hydrogens (tertiary/aromatic N) is 1. The van der Waals surface area contributed by atoms with Crippen LogP contribution >= 0.6 is 0 Å². The van der Waals surface area contributed by atoms with Gasteiger partial charge in [0.1, 0.15) is 6.04 Å². The van der Waals surface area contributed by atoms with E-state index in [1.165, 1.54) is 0 Å². The number of benzene rings is 1. The molecule has 1 unspecified atom stereocenters. The quantitative estimate of drug-likeness (QED) is 0.440. The predicted octanol–water partition coefficient (Wildman–Crippen LogP) is 1.15. The molecule has 0 bridgehead atoms. The average Bonchev–Trinajstić information content (AvgIpc) is 2.83. The summed E-state index contributed by atoms with van der Waals surface area (Å²) in [5.41, 5.74) is 0.351. The van der Waals surface area contributed by atoms with E-state index in [0.717, 1.165) is 38.8 Å². The number of aliphatic carboxylic acids is 1. The lowest BCUT2D eigenvalue weighted by atomic mass is 9.92. The molecular weight excluding hydrogens is 424 g/mol. The molecule has 3 amide bonds. The van der Waals surface area contributed by atoms with Gasteiger partial charge in [-0.2, -0.15) is 0 Å². The first-order valence-corrected chi connectivity index (χ1v) is 11.8. The first-order valence-electron chi connectivity index (χ1n) is 11.8. The Hall–Kier alpha value is -2.94. The van der Waals surface area contributed by atoms with Crippen LogP contribution in [-0.4, -0.2) is 72.0 Å². The van der Waals surface area contributed by atoms with E-state index in [1.54, 1.807) is 35.2 Å². The molecule has 1 aromatic carbocycles. The van der Waals surface area contributed by atoms with Crippen LogP contribution in [0.2, 0.25) is 0 Å². The van der Waals surface area contributed by atoms with Gasteiger partial charge in [-0.3, -0.25) is 19.2 Å². The topological polar surface area (TPSA) is 128 Å². The summed E-state index contributed by atoms with van der Waals surface area (Å²) in [7, 11) is 0. The Morgan fingerprint density at radius 2 is 1.82 bits per heavy atom. The summed E-state index contributed by atoms with van der Waals surface area (Å²) in [6.45, 7) is 3.09. The van der Waals surface area contributed by atoms with Crippen LogP contribution in [0.25, 0.3) is 0 Å². The van der Waals surface area contributed by atoms with E-state index in [1.807, 2.05) is 0 Å². The first-order chi connectivity index (χ1) is 15.9. The summed E-state index contributed by atoms with van der Waals surface area (Å²) in [4.78, 5) is 51.1. The van der Waals surface area contributed by atoms with Crippen LogP contribution in [0.15, 0.2) is 30.3 Å². The normalized spacial score (nSPS) is 20.0. The molecule has 9 heteroatoms. The number of hydrogen-bond donors (Lipinski definition) is 4. The van der Waals surface area contributed by atoms with E-state index in [2.05, 4.69) is 16.0 Å². The number of hydrogen-bond acceptors (Lipinski definition) is 5. The van der Waals surface area contributed by atoms with Crippen molar-refractivity contribution in [1.82, 2.24) is 20.9 Å². The maximum atomic E-state index is 12.8. The van der Waals surface area contributed by atoms with Crippen LogP contribution < -0.4 is 16.0 Å². The summed E-state index contributed by atoms with van der Waals surface area (Å²) in [6, 6.07) is 6.89. The molecule has 4 N–H and O–H groups in total. The third-order valence-corrected chi connectivity index (χ3v) is 6.38. The summed E-state index contributed by atoms with van der Waals surface area (Å²) in [5, 5.41) is 17.9. The second-order valence-corrected chi connectivity index (χ2v) is 8.91. The minimum Gasteiger partial charge on any atom is -0.481 e. The molecule has 2 fully saturated rings.